The lowest BCUT2D eigenvalue weighted by Gasteiger charge is -2.15. The van der Waals surface area contributed by atoms with Gasteiger partial charge in [0.2, 0.25) is 11.8 Å². The first kappa shape index (κ1) is 13.5. The van der Waals surface area contributed by atoms with Crippen molar-refractivity contribution < 1.29 is 19.5 Å². The highest BCUT2D eigenvalue weighted by atomic mass is 16.4. The van der Waals surface area contributed by atoms with Gasteiger partial charge in [0, 0.05) is 25.4 Å². The van der Waals surface area contributed by atoms with Gasteiger partial charge in [0.05, 0.1) is 5.92 Å². The van der Waals surface area contributed by atoms with E-state index in [4.69, 9.17) is 5.11 Å². The summed E-state index contributed by atoms with van der Waals surface area (Å²) in [6.07, 6.45) is 1.53. The molecule has 2 unspecified atom stereocenters. The number of carboxylic acids is 1. The Kier molecular flexibility index (Phi) is 4.93. The summed E-state index contributed by atoms with van der Waals surface area (Å²) in [5.74, 6) is -1.34. The minimum absolute atomic E-state index is 0.0578. The van der Waals surface area contributed by atoms with Crippen molar-refractivity contribution in [2.24, 2.45) is 5.92 Å². The van der Waals surface area contributed by atoms with Crippen LogP contribution in [0.15, 0.2) is 0 Å². The van der Waals surface area contributed by atoms with Crippen molar-refractivity contribution in [3.05, 3.63) is 0 Å². The number of hydrogen-bond donors (Lipinski definition) is 3. The topological polar surface area (TPSA) is 95.5 Å². The standard InChI is InChI=1S/C11H18N2O4/c1-7(3-2-4-10(15)16)13-11(17)8-5-9(14)12-6-8/h7-8H,2-6H2,1H3,(H,12,14)(H,13,17)(H,15,16). The van der Waals surface area contributed by atoms with Crippen molar-refractivity contribution in [3.63, 3.8) is 0 Å². The Morgan fingerprint density at radius 2 is 2.29 bits per heavy atom. The lowest BCUT2D eigenvalue weighted by Crippen LogP contribution is -2.38. The van der Waals surface area contributed by atoms with Gasteiger partial charge in [-0.05, 0) is 19.8 Å². The second-order valence-electron chi connectivity index (χ2n) is 4.40. The summed E-state index contributed by atoms with van der Waals surface area (Å²) in [5, 5.41) is 13.9. The fourth-order valence-corrected chi connectivity index (χ4v) is 1.78. The van der Waals surface area contributed by atoms with Gasteiger partial charge in [-0.15, -0.1) is 0 Å². The molecule has 0 radical (unpaired) electrons. The van der Waals surface area contributed by atoms with E-state index in [1.54, 1.807) is 0 Å². The number of carbonyl (C=O) groups is 3. The highest BCUT2D eigenvalue weighted by molar-refractivity contribution is 5.89. The van der Waals surface area contributed by atoms with Crippen LogP contribution in [0, 0.1) is 5.92 Å². The van der Waals surface area contributed by atoms with Crippen LogP contribution in [0.25, 0.3) is 0 Å². The maximum atomic E-state index is 11.7. The Labute approximate surface area is 99.8 Å². The first-order chi connectivity index (χ1) is 7.99. The molecule has 1 fully saturated rings. The van der Waals surface area contributed by atoms with E-state index in [1.165, 1.54) is 0 Å². The van der Waals surface area contributed by atoms with Gasteiger partial charge in [0.25, 0.3) is 0 Å². The highest BCUT2D eigenvalue weighted by Crippen LogP contribution is 2.10. The number of hydrogen-bond acceptors (Lipinski definition) is 3. The molecule has 6 heteroatoms. The number of rotatable bonds is 6. The Bertz CT molecular complexity index is 317. The summed E-state index contributed by atoms with van der Waals surface area (Å²) in [5.41, 5.74) is 0. The molecular formula is C11H18N2O4. The van der Waals surface area contributed by atoms with Crippen LogP contribution in [-0.2, 0) is 14.4 Å². The fourth-order valence-electron chi connectivity index (χ4n) is 1.78. The van der Waals surface area contributed by atoms with Gasteiger partial charge in [0.1, 0.15) is 0 Å². The van der Waals surface area contributed by atoms with E-state index in [0.717, 1.165) is 0 Å². The third kappa shape index (κ3) is 4.84. The van der Waals surface area contributed by atoms with Crippen LogP contribution in [0.5, 0.6) is 0 Å². The second kappa shape index (κ2) is 6.22. The molecule has 0 aromatic carbocycles. The van der Waals surface area contributed by atoms with Gasteiger partial charge in [-0.25, -0.2) is 0 Å². The summed E-state index contributed by atoms with van der Waals surface area (Å²) in [7, 11) is 0. The smallest absolute Gasteiger partial charge is 0.303 e. The predicted molar refractivity (Wildman–Crippen MR) is 60.2 cm³/mol. The summed E-state index contributed by atoms with van der Waals surface area (Å²) < 4.78 is 0. The van der Waals surface area contributed by atoms with E-state index >= 15 is 0 Å². The van der Waals surface area contributed by atoms with Crippen molar-refractivity contribution in [2.75, 3.05) is 6.54 Å². The maximum absolute atomic E-state index is 11.7. The van der Waals surface area contributed by atoms with Crippen molar-refractivity contribution in [2.45, 2.75) is 38.6 Å². The molecule has 0 bridgehead atoms. The van der Waals surface area contributed by atoms with Crippen LogP contribution < -0.4 is 10.6 Å². The van der Waals surface area contributed by atoms with Crippen LogP contribution in [0.3, 0.4) is 0 Å². The molecule has 0 aliphatic carbocycles. The van der Waals surface area contributed by atoms with Crippen LogP contribution in [-0.4, -0.2) is 35.5 Å². The highest BCUT2D eigenvalue weighted by Gasteiger charge is 2.28. The van der Waals surface area contributed by atoms with E-state index in [-0.39, 0.29) is 36.6 Å². The zero-order valence-electron chi connectivity index (χ0n) is 9.86. The van der Waals surface area contributed by atoms with Crippen molar-refractivity contribution in [3.8, 4) is 0 Å². The Morgan fingerprint density at radius 1 is 1.59 bits per heavy atom. The maximum Gasteiger partial charge on any atom is 0.303 e. The van der Waals surface area contributed by atoms with Crippen LogP contribution >= 0.6 is 0 Å². The van der Waals surface area contributed by atoms with E-state index in [9.17, 15) is 14.4 Å². The summed E-state index contributed by atoms with van der Waals surface area (Å²) in [6.45, 7) is 2.23. The molecule has 3 N–H and O–H groups in total. The molecule has 2 amide bonds. The molecule has 0 aromatic heterocycles. The molecule has 0 spiro atoms. The molecule has 1 heterocycles. The number of nitrogens with one attached hydrogen (secondary N) is 2. The summed E-state index contributed by atoms with van der Waals surface area (Å²) in [4.78, 5) is 32.9. The van der Waals surface area contributed by atoms with Gasteiger partial charge >= 0.3 is 5.97 Å². The molecule has 96 valence electrons. The Balaban J connectivity index is 2.21. The molecular weight excluding hydrogens is 224 g/mol. The quantitative estimate of drug-likeness (QED) is 0.605. The molecule has 2 atom stereocenters. The predicted octanol–water partition coefficient (Wildman–Crippen LogP) is -0.118. The normalized spacial score (nSPS) is 20.8. The molecule has 0 aromatic rings. The van der Waals surface area contributed by atoms with Crippen molar-refractivity contribution >= 4 is 17.8 Å². The molecule has 6 nitrogen and oxygen atoms in total. The van der Waals surface area contributed by atoms with E-state index in [0.29, 0.717) is 19.4 Å². The lowest BCUT2D eigenvalue weighted by atomic mass is 10.1. The fraction of sp³-hybridized carbons (Fsp3) is 0.727. The minimum Gasteiger partial charge on any atom is -0.481 e. The molecule has 0 saturated carbocycles. The number of amides is 2. The Morgan fingerprint density at radius 3 is 2.82 bits per heavy atom. The first-order valence-electron chi connectivity index (χ1n) is 5.78. The molecule has 17 heavy (non-hydrogen) atoms. The number of carbonyl (C=O) groups excluding carboxylic acids is 2. The largest absolute Gasteiger partial charge is 0.481 e. The zero-order valence-corrected chi connectivity index (χ0v) is 9.86. The molecule has 1 saturated heterocycles. The van der Waals surface area contributed by atoms with Gasteiger partial charge in [-0.3, -0.25) is 14.4 Å². The monoisotopic (exact) mass is 242 g/mol. The third-order valence-electron chi connectivity index (χ3n) is 2.76. The average Bonchev–Trinajstić information content (AvgIpc) is 2.64. The summed E-state index contributed by atoms with van der Waals surface area (Å²) >= 11 is 0. The van der Waals surface area contributed by atoms with Gasteiger partial charge in [-0.1, -0.05) is 0 Å². The zero-order chi connectivity index (χ0) is 12.8. The van der Waals surface area contributed by atoms with Gasteiger partial charge in [0.15, 0.2) is 0 Å². The van der Waals surface area contributed by atoms with Crippen LogP contribution in [0.2, 0.25) is 0 Å². The molecule has 1 aliphatic rings. The molecule has 1 aliphatic heterocycles. The second-order valence-corrected chi connectivity index (χ2v) is 4.40. The lowest BCUT2D eigenvalue weighted by molar-refractivity contribution is -0.137. The van der Waals surface area contributed by atoms with Crippen LogP contribution in [0.1, 0.15) is 32.6 Å². The minimum atomic E-state index is -0.825. The van der Waals surface area contributed by atoms with Crippen molar-refractivity contribution in [1.82, 2.24) is 10.6 Å². The van der Waals surface area contributed by atoms with Gasteiger partial charge in [-0.2, -0.15) is 0 Å². The first-order valence-corrected chi connectivity index (χ1v) is 5.78. The Hall–Kier alpha value is -1.59. The van der Waals surface area contributed by atoms with E-state index in [2.05, 4.69) is 10.6 Å². The number of aliphatic carboxylic acids is 1. The van der Waals surface area contributed by atoms with E-state index in [1.807, 2.05) is 6.92 Å². The van der Waals surface area contributed by atoms with Crippen molar-refractivity contribution in [1.29, 1.82) is 0 Å². The molecule has 1 rings (SSSR count). The third-order valence-corrected chi connectivity index (χ3v) is 2.76. The number of carboxylic acid groups (broad SMARTS) is 1. The van der Waals surface area contributed by atoms with E-state index < -0.39 is 5.97 Å². The SMILES string of the molecule is CC(CCCC(=O)O)NC(=O)C1CNC(=O)C1. The van der Waals surface area contributed by atoms with Gasteiger partial charge < -0.3 is 15.7 Å². The summed E-state index contributed by atoms with van der Waals surface area (Å²) in [6, 6.07) is -0.0578. The van der Waals surface area contributed by atoms with Crippen LogP contribution in [0.4, 0.5) is 0 Å². The average molecular weight is 242 g/mol.